The summed E-state index contributed by atoms with van der Waals surface area (Å²) in [7, 11) is 1.29. The third-order valence-corrected chi connectivity index (χ3v) is 3.20. The maximum absolute atomic E-state index is 11.5. The largest absolute Gasteiger partial charge is 0.468 e. The minimum absolute atomic E-state index is 0.176. The molecule has 1 heterocycles. The first-order valence-electron chi connectivity index (χ1n) is 5.67. The van der Waals surface area contributed by atoms with Gasteiger partial charge in [0, 0.05) is 6.07 Å². The number of carbonyl (C=O) groups is 2. The molecule has 0 aliphatic carbocycles. The van der Waals surface area contributed by atoms with Crippen LogP contribution in [0.5, 0.6) is 0 Å². The minimum atomic E-state index is -0.640. The molecule has 19 heavy (non-hydrogen) atoms. The quantitative estimate of drug-likeness (QED) is 0.556. The number of aromatic nitrogens is 1. The Balaban J connectivity index is 2.15. The number of methoxy groups -OCH3 is 1. The molecule has 0 spiro atoms. The fourth-order valence-electron chi connectivity index (χ4n) is 1.25. The van der Waals surface area contributed by atoms with Crippen LogP contribution in [0.4, 0.5) is 5.82 Å². The van der Waals surface area contributed by atoms with Crippen LogP contribution in [0.2, 0.25) is 0 Å². The van der Waals surface area contributed by atoms with E-state index in [0.717, 1.165) is 0 Å². The van der Waals surface area contributed by atoms with Crippen molar-refractivity contribution in [2.45, 2.75) is 19.4 Å². The molecule has 0 aromatic carbocycles. The SMILES string of the molecule is COC(=O)C(N)CCSCC(=O)Nc1cc(C)on1. The Kier molecular flexibility index (Phi) is 6.37. The molecule has 0 aliphatic heterocycles. The Morgan fingerprint density at radius 2 is 2.37 bits per heavy atom. The van der Waals surface area contributed by atoms with Crippen LogP contribution in [0.1, 0.15) is 12.2 Å². The summed E-state index contributed by atoms with van der Waals surface area (Å²) in [6, 6.07) is 0.995. The second-order valence-electron chi connectivity index (χ2n) is 3.84. The highest BCUT2D eigenvalue weighted by Gasteiger charge is 2.13. The molecule has 106 valence electrons. The van der Waals surface area contributed by atoms with Crippen LogP contribution in [0.15, 0.2) is 10.6 Å². The molecule has 0 bridgehead atoms. The molecule has 3 N–H and O–H groups in total. The average Bonchev–Trinajstić information content (AvgIpc) is 2.78. The van der Waals surface area contributed by atoms with E-state index in [2.05, 4.69) is 15.2 Å². The molecule has 0 aliphatic rings. The number of nitrogens with zero attached hydrogens (tertiary/aromatic N) is 1. The standard InChI is InChI=1S/C11H17N3O4S/c1-7-5-9(14-18-7)13-10(15)6-19-4-3-8(12)11(16)17-2/h5,8H,3-4,6,12H2,1-2H3,(H,13,14,15). The average molecular weight is 287 g/mol. The molecule has 0 radical (unpaired) electrons. The lowest BCUT2D eigenvalue weighted by Gasteiger charge is -2.08. The number of amides is 1. The monoisotopic (exact) mass is 287 g/mol. The van der Waals surface area contributed by atoms with Crippen molar-refractivity contribution in [3.05, 3.63) is 11.8 Å². The van der Waals surface area contributed by atoms with Crippen LogP contribution in [-0.4, -0.2) is 41.7 Å². The zero-order valence-corrected chi connectivity index (χ0v) is 11.7. The highest BCUT2D eigenvalue weighted by atomic mass is 32.2. The van der Waals surface area contributed by atoms with Gasteiger partial charge in [0.15, 0.2) is 5.82 Å². The number of nitrogens with two attached hydrogens (primary N) is 1. The summed E-state index contributed by atoms with van der Waals surface area (Å²) in [6.07, 6.45) is 0.466. The van der Waals surface area contributed by atoms with Gasteiger partial charge in [-0.25, -0.2) is 0 Å². The van der Waals surface area contributed by atoms with Gasteiger partial charge in [-0.1, -0.05) is 5.16 Å². The number of anilines is 1. The van der Waals surface area contributed by atoms with Gasteiger partial charge in [0.05, 0.1) is 12.9 Å². The number of rotatable bonds is 7. The van der Waals surface area contributed by atoms with Gasteiger partial charge in [0.1, 0.15) is 11.8 Å². The third-order valence-electron chi connectivity index (χ3n) is 2.21. The zero-order chi connectivity index (χ0) is 14.3. The van der Waals surface area contributed by atoms with E-state index in [1.54, 1.807) is 13.0 Å². The summed E-state index contributed by atoms with van der Waals surface area (Å²) in [4.78, 5) is 22.5. The van der Waals surface area contributed by atoms with Crippen molar-refractivity contribution in [2.24, 2.45) is 5.73 Å². The summed E-state index contributed by atoms with van der Waals surface area (Å²) in [6.45, 7) is 1.74. The highest BCUT2D eigenvalue weighted by molar-refractivity contribution is 7.99. The molecule has 1 aromatic rings. The van der Waals surface area contributed by atoms with Gasteiger partial charge < -0.3 is 20.3 Å². The maximum Gasteiger partial charge on any atom is 0.322 e. The first-order chi connectivity index (χ1) is 9.02. The molecule has 8 heteroatoms. The summed E-state index contributed by atoms with van der Waals surface area (Å²) in [5.74, 6) is 1.27. The van der Waals surface area contributed by atoms with Crippen LogP contribution >= 0.6 is 11.8 Å². The van der Waals surface area contributed by atoms with E-state index in [4.69, 9.17) is 10.3 Å². The Bertz CT molecular complexity index is 435. The molecule has 1 rings (SSSR count). The van der Waals surface area contributed by atoms with Crippen molar-refractivity contribution >= 4 is 29.5 Å². The topological polar surface area (TPSA) is 107 Å². The number of aryl methyl sites for hydroxylation is 1. The van der Waals surface area contributed by atoms with E-state index in [9.17, 15) is 9.59 Å². The molecule has 7 nitrogen and oxygen atoms in total. The lowest BCUT2D eigenvalue weighted by atomic mass is 10.2. The Morgan fingerprint density at radius 3 is 2.95 bits per heavy atom. The van der Waals surface area contributed by atoms with Gasteiger partial charge in [-0.3, -0.25) is 9.59 Å². The van der Waals surface area contributed by atoms with E-state index in [1.165, 1.54) is 18.9 Å². The van der Waals surface area contributed by atoms with Crippen molar-refractivity contribution in [2.75, 3.05) is 23.9 Å². The third kappa shape index (κ3) is 5.75. The fourth-order valence-corrected chi connectivity index (χ4v) is 2.07. The molecule has 0 saturated heterocycles. The molecule has 0 saturated carbocycles. The molecule has 1 atom stereocenters. The molecule has 0 fully saturated rings. The van der Waals surface area contributed by atoms with Crippen molar-refractivity contribution in [3.63, 3.8) is 0 Å². The maximum atomic E-state index is 11.5. The lowest BCUT2D eigenvalue weighted by molar-refractivity contribution is -0.142. The van der Waals surface area contributed by atoms with E-state index < -0.39 is 12.0 Å². The second-order valence-corrected chi connectivity index (χ2v) is 4.95. The number of hydrogen-bond donors (Lipinski definition) is 2. The number of esters is 1. The van der Waals surface area contributed by atoms with Crippen LogP contribution in [-0.2, 0) is 14.3 Å². The predicted molar refractivity (Wildman–Crippen MR) is 71.8 cm³/mol. The van der Waals surface area contributed by atoms with E-state index in [1.807, 2.05) is 0 Å². The number of carbonyl (C=O) groups excluding carboxylic acids is 2. The van der Waals surface area contributed by atoms with Gasteiger partial charge in [-0.2, -0.15) is 11.8 Å². The Morgan fingerprint density at radius 1 is 1.63 bits per heavy atom. The summed E-state index contributed by atoms with van der Waals surface area (Å²) in [5, 5.41) is 6.25. The Labute approximate surface area is 115 Å². The van der Waals surface area contributed by atoms with Gasteiger partial charge in [-0.05, 0) is 19.1 Å². The van der Waals surface area contributed by atoms with Crippen molar-refractivity contribution in [1.82, 2.24) is 5.16 Å². The van der Waals surface area contributed by atoms with Gasteiger partial charge >= 0.3 is 5.97 Å². The molecular weight excluding hydrogens is 270 g/mol. The molecule has 1 amide bonds. The van der Waals surface area contributed by atoms with Crippen LogP contribution in [0.3, 0.4) is 0 Å². The van der Waals surface area contributed by atoms with Crippen LogP contribution < -0.4 is 11.1 Å². The molecular formula is C11H17N3O4S. The lowest BCUT2D eigenvalue weighted by Crippen LogP contribution is -2.32. The van der Waals surface area contributed by atoms with E-state index in [0.29, 0.717) is 23.8 Å². The fraction of sp³-hybridized carbons (Fsp3) is 0.545. The van der Waals surface area contributed by atoms with Crippen molar-refractivity contribution in [3.8, 4) is 0 Å². The first kappa shape index (κ1) is 15.5. The number of hydrogen-bond acceptors (Lipinski definition) is 7. The van der Waals surface area contributed by atoms with Gasteiger partial charge in [0.25, 0.3) is 0 Å². The van der Waals surface area contributed by atoms with Crippen molar-refractivity contribution < 1.29 is 18.8 Å². The summed E-state index contributed by atoms with van der Waals surface area (Å²) < 4.78 is 9.32. The van der Waals surface area contributed by atoms with Gasteiger partial charge in [-0.15, -0.1) is 0 Å². The zero-order valence-electron chi connectivity index (χ0n) is 10.8. The minimum Gasteiger partial charge on any atom is -0.468 e. The van der Waals surface area contributed by atoms with E-state index >= 15 is 0 Å². The van der Waals surface area contributed by atoms with Crippen LogP contribution in [0.25, 0.3) is 0 Å². The summed E-state index contributed by atoms with van der Waals surface area (Å²) in [5.41, 5.74) is 5.56. The number of nitrogens with one attached hydrogen (secondary N) is 1. The van der Waals surface area contributed by atoms with Gasteiger partial charge in [0.2, 0.25) is 5.91 Å². The highest BCUT2D eigenvalue weighted by Crippen LogP contribution is 2.09. The first-order valence-corrected chi connectivity index (χ1v) is 6.82. The van der Waals surface area contributed by atoms with E-state index in [-0.39, 0.29) is 11.7 Å². The molecule has 1 unspecified atom stereocenters. The summed E-state index contributed by atoms with van der Waals surface area (Å²) >= 11 is 1.39. The second kappa shape index (κ2) is 7.80. The molecule has 1 aromatic heterocycles. The normalized spacial score (nSPS) is 11.9. The Hall–Kier alpha value is -1.54. The van der Waals surface area contributed by atoms with Crippen molar-refractivity contribution in [1.29, 1.82) is 0 Å². The smallest absolute Gasteiger partial charge is 0.322 e. The number of thioether (sulfide) groups is 1. The predicted octanol–water partition coefficient (Wildman–Crippen LogP) is 0.545. The number of ether oxygens (including phenoxy) is 1. The van der Waals surface area contributed by atoms with Crippen LogP contribution in [0, 0.1) is 6.92 Å².